The highest BCUT2D eigenvalue weighted by molar-refractivity contribution is 8.03. The monoisotopic (exact) mass is 468 g/mol. The molecule has 8 nitrogen and oxygen atoms in total. The number of fused-ring (bicyclic) bond motifs is 1. The lowest BCUT2D eigenvalue weighted by atomic mass is 9.84. The fraction of sp³-hybridized carbons (Fsp3) is 0.333. The van der Waals surface area contributed by atoms with Crippen LogP contribution in [0.15, 0.2) is 47.0 Å². The number of carbonyl (C=O) groups is 1. The summed E-state index contributed by atoms with van der Waals surface area (Å²) in [7, 11) is 6.13. The number of allylic oxidation sites excluding steroid dienone is 1. The SMILES string of the molecule is COc1ccc(OC)c([C@@H]2CC(=O)N3C(=C2C#N)SC[C@@]3(O)c2ccc(OC)c(OC)c2)c1. The maximum Gasteiger partial charge on any atom is 0.231 e. The summed E-state index contributed by atoms with van der Waals surface area (Å²) in [5.41, 5.74) is -0.0494. The van der Waals surface area contributed by atoms with E-state index in [1.807, 2.05) is 0 Å². The third-order valence-electron chi connectivity index (χ3n) is 5.97. The van der Waals surface area contributed by atoms with E-state index in [9.17, 15) is 15.2 Å². The second-order valence-electron chi connectivity index (χ2n) is 7.60. The van der Waals surface area contributed by atoms with Crippen LogP contribution < -0.4 is 18.9 Å². The molecule has 0 saturated carbocycles. The summed E-state index contributed by atoms with van der Waals surface area (Å²) >= 11 is 1.28. The molecule has 0 aromatic heterocycles. The Labute approximate surface area is 196 Å². The smallest absolute Gasteiger partial charge is 0.231 e. The lowest BCUT2D eigenvalue weighted by molar-refractivity contribution is -0.149. The minimum atomic E-state index is -1.62. The summed E-state index contributed by atoms with van der Waals surface area (Å²) in [5.74, 6) is 1.49. The Hall–Kier alpha value is -3.35. The van der Waals surface area contributed by atoms with E-state index in [4.69, 9.17) is 18.9 Å². The number of hydrogen-bond acceptors (Lipinski definition) is 8. The molecule has 2 aromatic carbocycles. The van der Waals surface area contributed by atoms with Crippen LogP contribution in [0.1, 0.15) is 23.5 Å². The molecule has 0 bridgehead atoms. The second kappa shape index (κ2) is 8.89. The molecule has 0 radical (unpaired) electrons. The Morgan fingerprint density at radius 1 is 1.03 bits per heavy atom. The van der Waals surface area contributed by atoms with Crippen molar-refractivity contribution in [3.63, 3.8) is 0 Å². The van der Waals surface area contributed by atoms with Crippen molar-refractivity contribution >= 4 is 17.7 Å². The van der Waals surface area contributed by atoms with E-state index in [0.717, 1.165) is 0 Å². The van der Waals surface area contributed by atoms with Crippen molar-refractivity contribution in [1.29, 1.82) is 5.26 Å². The van der Waals surface area contributed by atoms with Crippen molar-refractivity contribution < 1.29 is 28.8 Å². The molecule has 1 fully saturated rings. The fourth-order valence-electron chi connectivity index (χ4n) is 4.30. The normalized spacial score (nSPS) is 22.0. The zero-order valence-electron chi connectivity index (χ0n) is 18.7. The lowest BCUT2D eigenvalue weighted by Crippen LogP contribution is -2.48. The van der Waals surface area contributed by atoms with E-state index in [1.165, 1.54) is 30.9 Å². The molecule has 172 valence electrons. The van der Waals surface area contributed by atoms with Crippen LogP contribution in [-0.2, 0) is 10.5 Å². The van der Waals surface area contributed by atoms with Crippen LogP contribution in [0.4, 0.5) is 0 Å². The number of methoxy groups -OCH3 is 4. The Morgan fingerprint density at radius 3 is 2.36 bits per heavy atom. The first-order valence-electron chi connectivity index (χ1n) is 10.2. The predicted octanol–water partition coefficient (Wildman–Crippen LogP) is 3.36. The van der Waals surface area contributed by atoms with Gasteiger partial charge in [-0.1, -0.05) is 6.07 Å². The largest absolute Gasteiger partial charge is 0.497 e. The third-order valence-corrected chi connectivity index (χ3v) is 7.19. The summed E-state index contributed by atoms with van der Waals surface area (Å²) in [4.78, 5) is 14.8. The first-order chi connectivity index (χ1) is 15.9. The van der Waals surface area contributed by atoms with Crippen molar-refractivity contribution in [2.75, 3.05) is 34.2 Å². The number of nitrogens with zero attached hydrogens (tertiary/aromatic N) is 2. The van der Waals surface area contributed by atoms with Crippen molar-refractivity contribution in [2.45, 2.75) is 18.1 Å². The molecule has 4 rings (SSSR count). The number of rotatable bonds is 6. The second-order valence-corrected chi connectivity index (χ2v) is 8.56. The molecule has 0 unspecified atom stereocenters. The number of nitriles is 1. The first-order valence-corrected chi connectivity index (χ1v) is 11.2. The van der Waals surface area contributed by atoms with E-state index >= 15 is 0 Å². The highest BCUT2D eigenvalue weighted by Crippen LogP contribution is 2.53. The molecule has 1 N–H and O–H groups in total. The average Bonchev–Trinajstić information content (AvgIpc) is 3.21. The molecule has 1 amide bonds. The summed E-state index contributed by atoms with van der Waals surface area (Å²) < 4.78 is 21.5. The topological polar surface area (TPSA) is 101 Å². The van der Waals surface area contributed by atoms with Crippen LogP contribution in [0, 0.1) is 11.3 Å². The molecule has 2 aromatic rings. The summed E-state index contributed by atoms with van der Waals surface area (Å²) in [5, 5.41) is 22.2. The maximum atomic E-state index is 13.4. The summed E-state index contributed by atoms with van der Waals surface area (Å²) in [6, 6.07) is 12.6. The number of carbonyl (C=O) groups excluding carboxylic acids is 1. The average molecular weight is 469 g/mol. The molecule has 2 aliphatic rings. The van der Waals surface area contributed by atoms with Gasteiger partial charge in [-0.05, 0) is 30.3 Å². The molecule has 0 spiro atoms. The molecular weight excluding hydrogens is 444 g/mol. The predicted molar refractivity (Wildman–Crippen MR) is 122 cm³/mol. The van der Waals surface area contributed by atoms with Crippen molar-refractivity contribution in [2.24, 2.45) is 0 Å². The van der Waals surface area contributed by atoms with Gasteiger partial charge in [0.05, 0.1) is 50.9 Å². The van der Waals surface area contributed by atoms with E-state index < -0.39 is 11.6 Å². The number of benzene rings is 2. The maximum absolute atomic E-state index is 13.4. The van der Waals surface area contributed by atoms with Gasteiger partial charge in [0.25, 0.3) is 0 Å². The van der Waals surface area contributed by atoms with E-state index in [1.54, 1.807) is 50.6 Å². The van der Waals surface area contributed by atoms with Gasteiger partial charge in [0.15, 0.2) is 17.2 Å². The van der Waals surface area contributed by atoms with Crippen LogP contribution in [-0.4, -0.2) is 50.1 Å². The van der Waals surface area contributed by atoms with Crippen LogP contribution in [0.2, 0.25) is 0 Å². The molecular formula is C24H24N2O6S. The van der Waals surface area contributed by atoms with E-state index in [2.05, 4.69) is 6.07 Å². The molecule has 2 atom stereocenters. The molecule has 9 heteroatoms. The number of aliphatic hydroxyl groups is 1. The summed E-state index contributed by atoms with van der Waals surface area (Å²) in [6.07, 6.45) is 0.00603. The molecule has 1 saturated heterocycles. The quantitative estimate of drug-likeness (QED) is 0.689. The Kier molecular flexibility index (Phi) is 6.15. The highest BCUT2D eigenvalue weighted by Gasteiger charge is 2.52. The van der Waals surface area contributed by atoms with Gasteiger partial charge in [-0.2, -0.15) is 5.26 Å². The van der Waals surface area contributed by atoms with E-state index in [-0.39, 0.29) is 18.1 Å². The molecule has 33 heavy (non-hydrogen) atoms. The van der Waals surface area contributed by atoms with Gasteiger partial charge in [-0.3, -0.25) is 9.69 Å². The standard InChI is InChI=1S/C24H24N2O6S/c1-29-15-6-8-19(30-2)17(10-15)16-11-22(27)26-23(18(16)12-25)33-13-24(26,28)14-5-7-20(31-3)21(9-14)32-4/h5-10,16,28H,11,13H2,1-4H3/t16-,24+/m0/s1. The van der Waals surface area contributed by atoms with E-state index in [0.29, 0.717) is 44.7 Å². The van der Waals surface area contributed by atoms with Crippen molar-refractivity contribution in [1.82, 2.24) is 4.90 Å². The van der Waals surface area contributed by atoms with Crippen molar-refractivity contribution in [3.05, 3.63) is 58.1 Å². The van der Waals surface area contributed by atoms with Crippen LogP contribution in [0.5, 0.6) is 23.0 Å². The third kappa shape index (κ3) is 3.65. The molecule has 2 heterocycles. The zero-order chi connectivity index (χ0) is 23.8. The lowest BCUT2D eigenvalue weighted by Gasteiger charge is -2.38. The van der Waals surface area contributed by atoms with Crippen LogP contribution >= 0.6 is 11.8 Å². The highest BCUT2D eigenvalue weighted by atomic mass is 32.2. The number of amides is 1. The van der Waals surface area contributed by atoms with Gasteiger partial charge < -0.3 is 24.1 Å². The minimum Gasteiger partial charge on any atom is -0.497 e. The van der Waals surface area contributed by atoms with Crippen LogP contribution in [0.25, 0.3) is 0 Å². The van der Waals surface area contributed by atoms with Gasteiger partial charge in [-0.15, -0.1) is 11.8 Å². The molecule has 0 aliphatic carbocycles. The summed E-state index contributed by atoms with van der Waals surface area (Å²) in [6.45, 7) is 0. The minimum absolute atomic E-state index is 0.00603. The zero-order valence-corrected chi connectivity index (χ0v) is 19.6. The Morgan fingerprint density at radius 2 is 1.73 bits per heavy atom. The van der Waals surface area contributed by atoms with Gasteiger partial charge >= 0.3 is 0 Å². The van der Waals surface area contributed by atoms with Crippen LogP contribution in [0.3, 0.4) is 0 Å². The van der Waals surface area contributed by atoms with Crippen molar-refractivity contribution in [3.8, 4) is 29.1 Å². The first kappa shape index (κ1) is 22.8. The number of ether oxygens (including phenoxy) is 4. The fourth-order valence-corrected chi connectivity index (χ4v) is 5.66. The van der Waals surface area contributed by atoms with Gasteiger partial charge in [0, 0.05) is 23.5 Å². The Bertz CT molecular complexity index is 1170. The molecule has 2 aliphatic heterocycles. The Balaban J connectivity index is 1.82. The number of hydrogen-bond donors (Lipinski definition) is 1. The van der Waals surface area contributed by atoms with Gasteiger partial charge in [-0.25, -0.2) is 0 Å². The van der Waals surface area contributed by atoms with Gasteiger partial charge in [0.2, 0.25) is 5.91 Å². The number of thioether (sulfide) groups is 1. The van der Waals surface area contributed by atoms with Gasteiger partial charge in [0.1, 0.15) is 11.5 Å².